The number of benzene rings is 1. The number of hydrogen-bond donors (Lipinski definition) is 1. The molecule has 0 amide bonds. The van der Waals surface area contributed by atoms with Crippen LogP contribution in [0.25, 0.3) is 0 Å². The lowest BCUT2D eigenvalue weighted by Gasteiger charge is -2.08. The third kappa shape index (κ3) is 4.01. The topological polar surface area (TPSA) is 85.2 Å². The van der Waals surface area contributed by atoms with Crippen LogP contribution in [-0.4, -0.2) is 37.5 Å². The highest BCUT2D eigenvalue weighted by molar-refractivity contribution is 5.76. The summed E-state index contributed by atoms with van der Waals surface area (Å²) < 4.78 is 10.1. The molecule has 1 aromatic rings. The molecule has 0 spiro atoms. The maximum atomic E-state index is 10.9. The molecule has 6 heteroatoms. The van der Waals surface area contributed by atoms with E-state index in [0.717, 1.165) is 0 Å². The predicted molar refractivity (Wildman–Crippen MR) is 62.3 cm³/mol. The number of carboxylic acids is 1. The first-order chi connectivity index (χ1) is 8.69. The van der Waals surface area contributed by atoms with E-state index in [0.29, 0.717) is 24.5 Å². The number of isocyanates is 1. The Morgan fingerprint density at radius 3 is 2.56 bits per heavy atom. The largest absolute Gasteiger partial charge is 0.491 e. The Morgan fingerprint density at radius 2 is 2.06 bits per heavy atom. The SMILES string of the molecule is COCCOc1ccc(C(N=C=O)C(=O)O)cc1. The summed E-state index contributed by atoms with van der Waals surface area (Å²) in [6.45, 7) is 0.875. The molecule has 0 radical (unpaired) electrons. The van der Waals surface area contributed by atoms with Crippen LogP contribution in [0.4, 0.5) is 0 Å². The summed E-state index contributed by atoms with van der Waals surface area (Å²) in [7, 11) is 1.57. The average Bonchev–Trinajstić information content (AvgIpc) is 2.37. The number of hydrogen-bond acceptors (Lipinski definition) is 5. The zero-order valence-electron chi connectivity index (χ0n) is 9.83. The van der Waals surface area contributed by atoms with Crippen LogP contribution in [0.3, 0.4) is 0 Å². The number of aliphatic carboxylic acids is 1. The fourth-order valence-corrected chi connectivity index (χ4v) is 1.31. The van der Waals surface area contributed by atoms with Gasteiger partial charge in [-0.2, -0.15) is 4.99 Å². The summed E-state index contributed by atoms with van der Waals surface area (Å²) >= 11 is 0. The molecule has 1 unspecified atom stereocenters. The average molecular weight is 251 g/mol. The molecule has 0 aliphatic heterocycles. The molecule has 0 saturated heterocycles. The molecule has 0 aliphatic carbocycles. The highest BCUT2D eigenvalue weighted by Gasteiger charge is 2.18. The van der Waals surface area contributed by atoms with Gasteiger partial charge in [-0.1, -0.05) is 12.1 Å². The van der Waals surface area contributed by atoms with Crippen molar-refractivity contribution in [3.63, 3.8) is 0 Å². The van der Waals surface area contributed by atoms with Crippen molar-refractivity contribution in [2.75, 3.05) is 20.3 Å². The van der Waals surface area contributed by atoms with Crippen molar-refractivity contribution >= 4 is 12.0 Å². The van der Waals surface area contributed by atoms with Crippen LogP contribution in [0.5, 0.6) is 5.75 Å². The Labute approximate surface area is 104 Å². The van der Waals surface area contributed by atoms with E-state index in [9.17, 15) is 9.59 Å². The summed E-state index contributed by atoms with van der Waals surface area (Å²) in [6.07, 6.45) is 1.25. The van der Waals surface area contributed by atoms with E-state index in [1.807, 2.05) is 0 Å². The van der Waals surface area contributed by atoms with Crippen molar-refractivity contribution in [2.24, 2.45) is 4.99 Å². The third-order valence-corrected chi connectivity index (χ3v) is 2.17. The molecule has 1 aromatic carbocycles. The summed E-state index contributed by atoms with van der Waals surface area (Å²) in [5.74, 6) is -0.610. The van der Waals surface area contributed by atoms with Crippen LogP contribution < -0.4 is 4.74 Å². The number of carbonyl (C=O) groups is 1. The van der Waals surface area contributed by atoms with E-state index in [1.54, 1.807) is 31.4 Å². The quantitative estimate of drug-likeness (QED) is 0.446. The van der Waals surface area contributed by atoms with Gasteiger partial charge in [0, 0.05) is 7.11 Å². The van der Waals surface area contributed by atoms with Gasteiger partial charge in [-0.3, -0.25) is 0 Å². The second kappa shape index (κ2) is 7.21. The fourth-order valence-electron chi connectivity index (χ4n) is 1.31. The van der Waals surface area contributed by atoms with Crippen LogP contribution in [0.2, 0.25) is 0 Å². The number of rotatable bonds is 7. The van der Waals surface area contributed by atoms with Gasteiger partial charge in [-0.25, -0.2) is 9.59 Å². The molecule has 1 N–H and O–H groups in total. The second-order valence-corrected chi connectivity index (χ2v) is 3.37. The van der Waals surface area contributed by atoms with Crippen molar-refractivity contribution in [3.05, 3.63) is 29.8 Å². The van der Waals surface area contributed by atoms with Gasteiger partial charge in [-0.15, -0.1) is 0 Å². The second-order valence-electron chi connectivity index (χ2n) is 3.37. The maximum absolute atomic E-state index is 10.9. The Balaban J connectivity index is 2.74. The lowest BCUT2D eigenvalue weighted by Crippen LogP contribution is -2.09. The van der Waals surface area contributed by atoms with Gasteiger partial charge in [0.2, 0.25) is 6.08 Å². The van der Waals surface area contributed by atoms with Crippen LogP contribution in [-0.2, 0) is 14.3 Å². The minimum Gasteiger partial charge on any atom is -0.491 e. The van der Waals surface area contributed by atoms with E-state index in [-0.39, 0.29) is 0 Å². The van der Waals surface area contributed by atoms with Crippen molar-refractivity contribution in [1.29, 1.82) is 0 Å². The molecule has 0 bridgehead atoms. The fraction of sp³-hybridized carbons (Fsp3) is 0.333. The molecule has 6 nitrogen and oxygen atoms in total. The molecule has 0 fully saturated rings. The minimum absolute atomic E-state index is 0.393. The lowest BCUT2D eigenvalue weighted by molar-refractivity contribution is -0.138. The first-order valence-electron chi connectivity index (χ1n) is 5.20. The van der Waals surface area contributed by atoms with E-state index in [2.05, 4.69) is 4.99 Å². The monoisotopic (exact) mass is 251 g/mol. The van der Waals surface area contributed by atoms with Gasteiger partial charge in [0.25, 0.3) is 0 Å². The van der Waals surface area contributed by atoms with E-state index in [4.69, 9.17) is 14.6 Å². The van der Waals surface area contributed by atoms with Crippen molar-refractivity contribution in [3.8, 4) is 5.75 Å². The molecule has 0 aromatic heterocycles. The zero-order valence-corrected chi connectivity index (χ0v) is 9.83. The van der Waals surface area contributed by atoms with Crippen molar-refractivity contribution in [1.82, 2.24) is 0 Å². The van der Waals surface area contributed by atoms with Gasteiger partial charge in [-0.05, 0) is 17.7 Å². The lowest BCUT2D eigenvalue weighted by atomic mass is 10.1. The first-order valence-corrected chi connectivity index (χ1v) is 5.20. The van der Waals surface area contributed by atoms with E-state index in [1.165, 1.54) is 6.08 Å². The third-order valence-electron chi connectivity index (χ3n) is 2.17. The van der Waals surface area contributed by atoms with Gasteiger partial charge in [0.05, 0.1) is 6.61 Å². The molecule has 0 saturated carbocycles. The summed E-state index contributed by atoms with van der Waals surface area (Å²) in [4.78, 5) is 24.2. The van der Waals surface area contributed by atoms with E-state index >= 15 is 0 Å². The van der Waals surface area contributed by atoms with Gasteiger partial charge in [0.1, 0.15) is 12.4 Å². The van der Waals surface area contributed by atoms with Gasteiger partial charge >= 0.3 is 5.97 Å². The summed E-state index contributed by atoms with van der Waals surface area (Å²) in [5, 5.41) is 8.88. The standard InChI is InChI=1S/C12H13NO5/c1-17-6-7-18-10-4-2-9(3-5-10)11(12(15)16)13-8-14/h2-5,11H,6-7H2,1H3,(H,15,16). The number of carbonyl (C=O) groups excluding carboxylic acids is 1. The Hall–Kier alpha value is -2.17. The number of carboxylic acid groups (broad SMARTS) is 1. The molecule has 1 atom stereocenters. The molecular weight excluding hydrogens is 238 g/mol. The molecule has 1 rings (SSSR count). The summed E-state index contributed by atoms with van der Waals surface area (Å²) in [5.41, 5.74) is 0.393. The predicted octanol–water partition coefficient (Wildman–Crippen LogP) is 1.17. The van der Waals surface area contributed by atoms with Crippen molar-refractivity contribution in [2.45, 2.75) is 6.04 Å². The first kappa shape index (κ1) is 13.9. The van der Waals surface area contributed by atoms with Crippen molar-refractivity contribution < 1.29 is 24.2 Å². The van der Waals surface area contributed by atoms with Crippen LogP contribution in [0.1, 0.15) is 11.6 Å². The Bertz CT molecular complexity index is 434. The van der Waals surface area contributed by atoms with E-state index < -0.39 is 12.0 Å². The molecular formula is C12H13NO5. The minimum atomic E-state index is -1.23. The molecule has 96 valence electrons. The van der Waals surface area contributed by atoms with Gasteiger partial charge in [0.15, 0.2) is 6.04 Å². The highest BCUT2D eigenvalue weighted by Crippen LogP contribution is 2.20. The summed E-state index contributed by atoms with van der Waals surface area (Å²) in [6, 6.07) is 5.09. The Kier molecular flexibility index (Phi) is 5.57. The maximum Gasteiger partial charge on any atom is 0.334 e. The number of methoxy groups -OCH3 is 1. The zero-order chi connectivity index (χ0) is 13.4. The molecule has 0 aliphatic rings. The molecule has 18 heavy (non-hydrogen) atoms. The number of ether oxygens (including phenoxy) is 2. The number of aliphatic imine (C=N–C) groups is 1. The highest BCUT2D eigenvalue weighted by atomic mass is 16.5. The Morgan fingerprint density at radius 1 is 1.39 bits per heavy atom. The van der Waals surface area contributed by atoms with Crippen LogP contribution in [0, 0.1) is 0 Å². The smallest absolute Gasteiger partial charge is 0.334 e. The number of nitrogens with zero attached hydrogens (tertiary/aromatic N) is 1. The van der Waals surface area contributed by atoms with Crippen LogP contribution >= 0.6 is 0 Å². The van der Waals surface area contributed by atoms with Crippen LogP contribution in [0.15, 0.2) is 29.3 Å². The molecule has 0 heterocycles. The normalized spacial score (nSPS) is 11.4. The van der Waals surface area contributed by atoms with Gasteiger partial charge < -0.3 is 14.6 Å².